The van der Waals surface area contributed by atoms with Crippen molar-refractivity contribution in [1.82, 2.24) is 0 Å². The molecule has 7 heteroatoms. The van der Waals surface area contributed by atoms with Gasteiger partial charge < -0.3 is 14.2 Å². The molecule has 0 aromatic heterocycles. The van der Waals surface area contributed by atoms with Gasteiger partial charge in [0, 0.05) is 10.0 Å². The largest absolute Gasteiger partial charge is 0.482 e. The Morgan fingerprint density at radius 1 is 1.16 bits per heavy atom. The second-order valence-corrected chi connectivity index (χ2v) is 8.53. The van der Waals surface area contributed by atoms with Crippen LogP contribution in [0.25, 0.3) is 6.08 Å². The maximum absolute atomic E-state index is 12.3. The molecule has 2 aromatic carbocycles. The van der Waals surface area contributed by atoms with Gasteiger partial charge in [0.05, 0.1) is 6.61 Å². The minimum Gasteiger partial charge on any atom is -0.482 e. The molecule has 0 saturated carbocycles. The summed E-state index contributed by atoms with van der Waals surface area (Å²) in [4.78, 5) is 24.1. The number of halogens is 1. The minimum atomic E-state index is -0.704. The van der Waals surface area contributed by atoms with E-state index in [1.165, 1.54) is 6.08 Å². The average Bonchev–Trinajstić information content (AvgIpc) is 2.70. The summed E-state index contributed by atoms with van der Waals surface area (Å²) in [5.41, 5.74) is 1.18. The highest BCUT2D eigenvalue weighted by Crippen LogP contribution is 2.33. The molecule has 2 aromatic rings. The van der Waals surface area contributed by atoms with Crippen molar-refractivity contribution >= 4 is 33.9 Å². The van der Waals surface area contributed by atoms with Crippen molar-refractivity contribution in [3.63, 3.8) is 0 Å². The van der Waals surface area contributed by atoms with Crippen LogP contribution in [0.1, 0.15) is 38.8 Å². The van der Waals surface area contributed by atoms with Gasteiger partial charge in [-0.2, -0.15) is 5.26 Å². The number of esters is 2. The molecule has 0 spiro atoms. The van der Waals surface area contributed by atoms with Crippen LogP contribution < -0.4 is 9.47 Å². The van der Waals surface area contributed by atoms with Crippen molar-refractivity contribution < 1.29 is 23.8 Å². The number of hydrogen-bond acceptors (Lipinski definition) is 6. The smallest absolute Gasteiger partial charge is 0.349 e. The van der Waals surface area contributed by atoms with E-state index in [0.717, 1.165) is 10.0 Å². The van der Waals surface area contributed by atoms with Gasteiger partial charge in [0.15, 0.2) is 6.61 Å². The maximum atomic E-state index is 12.3. The third-order valence-electron chi connectivity index (χ3n) is 4.11. The van der Waals surface area contributed by atoms with Crippen LogP contribution >= 0.6 is 15.9 Å². The van der Waals surface area contributed by atoms with Gasteiger partial charge in [0.1, 0.15) is 23.1 Å². The van der Waals surface area contributed by atoms with Gasteiger partial charge in [-0.15, -0.1) is 0 Å². The molecule has 0 bridgehead atoms. The summed E-state index contributed by atoms with van der Waals surface area (Å²) < 4.78 is 16.8. The molecule has 0 saturated heterocycles. The van der Waals surface area contributed by atoms with Crippen molar-refractivity contribution in [2.75, 3.05) is 13.2 Å². The molecule has 0 N–H and O–H groups in total. The quantitative estimate of drug-likeness (QED) is 0.232. The Morgan fingerprint density at radius 2 is 1.90 bits per heavy atom. The molecule has 0 aliphatic heterocycles. The highest BCUT2D eigenvalue weighted by atomic mass is 79.9. The number of hydrogen-bond donors (Lipinski definition) is 0. The van der Waals surface area contributed by atoms with E-state index in [1.807, 2.05) is 24.3 Å². The average molecular weight is 486 g/mol. The summed E-state index contributed by atoms with van der Waals surface area (Å²) in [6.45, 7) is 7.75. The van der Waals surface area contributed by atoms with Crippen LogP contribution in [-0.2, 0) is 19.7 Å². The van der Waals surface area contributed by atoms with Gasteiger partial charge in [-0.25, -0.2) is 9.59 Å². The zero-order valence-electron chi connectivity index (χ0n) is 17.9. The lowest BCUT2D eigenvalue weighted by Gasteiger charge is -2.23. The van der Waals surface area contributed by atoms with Crippen LogP contribution in [0.2, 0.25) is 0 Å². The van der Waals surface area contributed by atoms with Crippen molar-refractivity contribution in [2.45, 2.75) is 33.1 Å². The first kappa shape index (κ1) is 24.2. The van der Waals surface area contributed by atoms with Crippen LogP contribution in [0.15, 0.2) is 52.5 Å². The molecule has 31 heavy (non-hydrogen) atoms. The third kappa shape index (κ3) is 7.26. The summed E-state index contributed by atoms with van der Waals surface area (Å²) in [5, 5.41) is 9.15. The maximum Gasteiger partial charge on any atom is 0.349 e. The van der Waals surface area contributed by atoms with E-state index >= 15 is 0 Å². The first-order chi connectivity index (χ1) is 14.6. The summed E-state index contributed by atoms with van der Waals surface area (Å²) in [6.07, 6.45) is 1.38. The van der Waals surface area contributed by atoms with Gasteiger partial charge in [0.25, 0.3) is 0 Å². The first-order valence-corrected chi connectivity index (χ1v) is 10.5. The second kappa shape index (κ2) is 10.8. The lowest BCUT2D eigenvalue weighted by molar-refractivity contribution is -0.138. The van der Waals surface area contributed by atoms with Crippen molar-refractivity contribution in [3.05, 3.63) is 63.6 Å². The van der Waals surface area contributed by atoms with Crippen molar-refractivity contribution in [3.8, 4) is 17.6 Å². The molecule has 2 rings (SSSR count). The predicted molar refractivity (Wildman–Crippen MR) is 121 cm³/mol. The van der Waals surface area contributed by atoms with E-state index in [1.54, 1.807) is 31.2 Å². The lowest BCUT2D eigenvalue weighted by Crippen LogP contribution is -2.20. The summed E-state index contributed by atoms with van der Waals surface area (Å²) >= 11 is 3.46. The van der Waals surface area contributed by atoms with E-state index in [-0.39, 0.29) is 30.0 Å². The fourth-order valence-corrected chi connectivity index (χ4v) is 3.05. The van der Waals surface area contributed by atoms with Crippen LogP contribution in [0.5, 0.6) is 11.5 Å². The van der Waals surface area contributed by atoms with E-state index in [2.05, 4.69) is 36.7 Å². The van der Waals surface area contributed by atoms with E-state index in [9.17, 15) is 9.59 Å². The van der Waals surface area contributed by atoms with Gasteiger partial charge in [-0.3, -0.25) is 0 Å². The highest BCUT2D eigenvalue weighted by Gasteiger charge is 2.20. The standard InChI is InChI=1S/C24H24BrNO5/c1-5-29-23(28)17(14-26)11-16-7-6-8-19(12-16)31-22(27)15-30-21-10-9-18(25)13-20(21)24(2,3)4/h6-13H,5,15H2,1-4H3/b17-11+. The molecular formula is C24H24BrNO5. The molecule has 0 amide bonds. The molecule has 0 atom stereocenters. The van der Waals surface area contributed by atoms with Gasteiger partial charge in [-0.05, 0) is 54.3 Å². The fourth-order valence-electron chi connectivity index (χ4n) is 2.69. The normalized spacial score (nSPS) is 11.4. The molecule has 0 unspecified atom stereocenters. The zero-order chi connectivity index (χ0) is 23.0. The van der Waals surface area contributed by atoms with Crippen LogP contribution in [0.4, 0.5) is 0 Å². The van der Waals surface area contributed by atoms with E-state index in [4.69, 9.17) is 19.5 Å². The van der Waals surface area contributed by atoms with Crippen molar-refractivity contribution in [1.29, 1.82) is 5.26 Å². The van der Waals surface area contributed by atoms with Crippen LogP contribution in [0.3, 0.4) is 0 Å². The van der Waals surface area contributed by atoms with E-state index < -0.39 is 11.9 Å². The molecule has 0 fully saturated rings. The Labute approximate surface area is 190 Å². The molecule has 0 heterocycles. The lowest BCUT2D eigenvalue weighted by atomic mass is 9.86. The van der Waals surface area contributed by atoms with Crippen molar-refractivity contribution in [2.24, 2.45) is 0 Å². The summed E-state index contributed by atoms with van der Waals surface area (Å²) in [5.74, 6) is -0.396. The minimum absolute atomic E-state index is 0.140. The third-order valence-corrected chi connectivity index (χ3v) is 4.60. The van der Waals surface area contributed by atoms with Crippen LogP contribution in [0, 0.1) is 11.3 Å². The Bertz CT molecular complexity index is 1030. The number of carbonyl (C=O) groups excluding carboxylic acids is 2. The molecule has 0 aliphatic rings. The number of nitriles is 1. The monoisotopic (exact) mass is 485 g/mol. The van der Waals surface area contributed by atoms with Gasteiger partial charge >= 0.3 is 11.9 Å². The molecule has 162 valence electrons. The molecule has 6 nitrogen and oxygen atoms in total. The first-order valence-electron chi connectivity index (χ1n) is 9.66. The summed E-state index contributed by atoms with van der Waals surface area (Å²) in [6, 6.07) is 13.9. The Kier molecular flexibility index (Phi) is 8.40. The Hall–Kier alpha value is -3.11. The topological polar surface area (TPSA) is 85.6 Å². The van der Waals surface area contributed by atoms with Crippen LogP contribution in [-0.4, -0.2) is 25.2 Å². The number of nitrogens with zero attached hydrogens (tertiary/aromatic N) is 1. The number of benzene rings is 2. The SMILES string of the molecule is CCOC(=O)/C(C#N)=C/c1cccc(OC(=O)COc2ccc(Br)cc2C(C)(C)C)c1. The highest BCUT2D eigenvalue weighted by molar-refractivity contribution is 9.10. The number of carbonyl (C=O) groups is 2. The molecule has 0 aliphatic carbocycles. The fraction of sp³-hybridized carbons (Fsp3) is 0.292. The Balaban J connectivity index is 2.09. The zero-order valence-corrected chi connectivity index (χ0v) is 19.5. The number of ether oxygens (including phenoxy) is 3. The summed E-state index contributed by atoms with van der Waals surface area (Å²) in [7, 11) is 0. The molecular weight excluding hydrogens is 462 g/mol. The Morgan fingerprint density at radius 3 is 2.55 bits per heavy atom. The van der Waals surface area contributed by atoms with Gasteiger partial charge in [0.2, 0.25) is 0 Å². The predicted octanol–water partition coefficient (Wildman–Crippen LogP) is 5.20. The molecule has 0 radical (unpaired) electrons. The van der Waals surface area contributed by atoms with Gasteiger partial charge in [-0.1, -0.05) is 48.8 Å². The van der Waals surface area contributed by atoms with E-state index in [0.29, 0.717) is 11.3 Å². The second-order valence-electron chi connectivity index (χ2n) is 7.62. The number of rotatable bonds is 7.